The molecule has 4 aromatic rings. The van der Waals surface area contributed by atoms with Gasteiger partial charge < -0.3 is 28.9 Å². The number of rotatable bonds is 6. The predicted molar refractivity (Wildman–Crippen MR) is 194 cm³/mol. The number of alkyl halides is 3. The predicted octanol–water partition coefficient (Wildman–Crippen LogP) is 8.08. The average molecular weight is 780 g/mol. The highest BCUT2D eigenvalue weighted by Gasteiger charge is 2.39. The maximum Gasteiger partial charge on any atom is 0.417 e. The quantitative estimate of drug-likeness (QED) is 0.192. The van der Waals surface area contributed by atoms with E-state index in [2.05, 4.69) is 25.2 Å². The second-order valence-corrected chi connectivity index (χ2v) is 16.3. The summed E-state index contributed by atoms with van der Waals surface area (Å²) in [6, 6.07) is 2.50. The number of nitrogens with zero attached hydrogens (tertiary/aromatic N) is 6. The Morgan fingerprint density at radius 3 is 2.22 bits per heavy atom. The smallest absolute Gasteiger partial charge is 0.417 e. The van der Waals surface area contributed by atoms with Crippen molar-refractivity contribution in [3.63, 3.8) is 0 Å². The molecule has 292 valence electrons. The third-order valence-electron chi connectivity index (χ3n) is 8.88. The number of fused-ring (bicyclic) bond motifs is 2. The van der Waals surface area contributed by atoms with Crippen LogP contribution in [0.15, 0.2) is 18.2 Å². The number of halogens is 5. The van der Waals surface area contributed by atoms with Crippen LogP contribution in [0, 0.1) is 11.6 Å². The van der Waals surface area contributed by atoms with E-state index in [1.807, 2.05) is 7.05 Å². The molecule has 0 radical (unpaired) electrons. The van der Waals surface area contributed by atoms with Gasteiger partial charge in [0.1, 0.15) is 35.0 Å². The summed E-state index contributed by atoms with van der Waals surface area (Å²) in [5.41, 5.74) is -5.01. The van der Waals surface area contributed by atoms with Crippen molar-refractivity contribution >= 4 is 55.6 Å². The van der Waals surface area contributed by atoms with Crippen LogP contribution in [-0.4, -0.2) is 101 Å². The molecule has 2 aliphatic heterocycles. The summed E-state index contributed by atoms with van der Waals surface area (Å²) in [4.78, 5) is 43.5. The molecule has 12 nitrogen and oxygen atoms in total. The number of benzene rings is 2. The summed E-state index contributed by atoms with van der Waals surface area (Å²) in [5, 5.41) is 1.98. The van der Waals surface area contributed by atoms with Crippen molar-refractivity contribution in [1.82, 2.24) is 24.8 Å². The van der Waals surface area contributed by atoms with Crippen molar-refractivity contribution in [1.29, 1.82) is 0 Å². The molecule has 6 rings (SSSR count). The number of piperazine rings is 1. The zero-order valence-electron chi connectivity index (χ0n) is 31.0. The molecule has 4 heterocycles. The van der Waals surface area contributed by atoms with E-state index >= 15 is 22.0 Å². The molecule has 2 amide bonds. The first-order chi connectivity index (χ1) is 25.2. The summed E-state index contributed by atoms with van der Waals surface area (Å²) >= 11 is 0.662. The molecule has 2 aromatic carbocycles. The summed E-state index contributed by atoms with van der Waals surface area (Å²) in [6.07, 6.45) is -4.76. The molecular formula is C36H42F5N7O5S. The number of ether oxygens (including phenoxy) is 3. The molecule has 1 unspecified atom stereocenters. The molecule has 0 bridgehead atoms. The fraction of sp³-hybridized carbons (Fsp3) is 0.528. The van der Waals surface area contributed by atoms with Crippen LogP contribution in [0.3, 0.4) is 0 Å². The standard InChI is InChI=1S/C36H42F5N7O5S/c1-34(2,3)52-32(49)45-31-43-27-20(10-11-23(37)28(27)54-31)24-22(36(39,40)41)17-21-26(25(24)38)42-30(51-18-19-9-8-12-46(19)7)44-29(21)47-13-15-48(16-14-47)33(50)53-35(4,5)6/h10-11,17,19H,8-9,12-16,18H2,1-7H3,(H,43,45,49). The van der Waals surface area contributed by atoms with Gasteiger partial charge in [-0.15, -0.1) is 0 Å². The number of amides is 2. The van der Waals surface area contributed by atoms with Crippen molar-refractivity contribution in [3.8, 4) is 17.1 Å². The van der Waals surface area contributed by atoms with Gasteiger partial charge in [0.25, 0.3) is 0 Å². The third-order valence-corrected chi connectivity index (χ3v) is 9.85. The van der Waals surface area contributed by atoms with E-state index in [0.717, 1.165) is 37.6 Å². The molecule has 2 fully saturated rings. The summed E-state index contributed by atoms with van der Waals surface area (Å²) in [6.45, 7) is 11.7. The highest BCUT2D eigenvalue weighted by molar-refractivity contribution is 7.22. The van der Waals surface area contributed by atoms with Gasteiger partial charge in [-0.05, 0) is 86.2 Å². The lowest BCUT2D eigenvalue weighted by atomic mass is 9.95. The molecule has 18 heteroatoms. The number of hydrogen-bond acceptors (Lipinski definition) is 11. The first kappa shape index (κ1) is 39.1. The largest absolute Gasteiger partial charge is 0.462 e. The van der Waals surface area contributed by atoms with Gasteiger partial charge in [-0.3, -0.25) is 5.32 Å². The number of likely N-dealkylation sites (tertiary alicyclic amines) is 1. The van der Waals surface area contributed by atoms with Crippen LogP contribution in [0.1, 0.15) is 59.9 Å². The summed E-state index contributed by atoms with van der Waals surface area (Å²) in [7, 11) is 1.94. The third kappa shape index (κ3) is 8.53. The van der Waals surface area contributed by atoms with E-state index in [9.17, 15) is 9.59 Å². The Labute approximate surface area is 312 Å². The Morgan fingerprint density at radius 2 is 1.61 bits per heavy atom. The zero-order chi connectivity index (χ0) is 39.3. The van der Waals surface area contributed by atoms with Crippen LogP contribution in [0.25, 0.3) is 32.2 Å². The van der Waals surface area contributed by atoms with Crippen molar-refractivity contribution in [3.05, 3.63) is 35.4 Å². The minimum absolute atomic E-state index is 0.00340. The van der Waals surface area contributed by atoms with Crippen LogP contribution in [0.2, 0.25) is 0 Å². The SMILES string of the molecule is CN1CCCC1COc1nc(N2CCN(C(=O)OC(C)(C)C)CC2)c2cc(C(F)(F)F)c(-c3ccc(F)c4sc(NC(=O)OC(C)(C)C)nc34)c(F)c2n1. The highest BCUT2D eigenvalue weighted by atomic mass is 32.1. The van der Waals surface area contributed by atoms with Crippen LogP contribution < -0.4 is 15.0 Å². The molecule has 1 atom stereocenters. The van der Waals surface area contributed by atoms with E-state index in [4.69, 9.17) is 14.2 Å². The fourth-order valence-electron chi connectivity index (χ4n) is 6.39. The molecule has 54 heavy (non-hydrogen) atoms. The Morgan fingerprint density at radius 1 is 0.926 bits per heavy atom. The minimum Gasteiger partial charge on any atom is -0.462 e. The van der Waals surface area contributed by atoms with Crippen LogP contribution in [-0.2, 0) is 15.7 Å². The van der Waals surface area contributed by atoms with E-state index in [-0.39, 0.29) is 77.0 Å². The van der Waals surface area contributed by atoms with E-state index < -0.39 is 57.8 Å². The number of nitrogens with one attached hydrogen (secondary N) is 1. The number of anilines is 2. The maximum atomic E-state index is 17.1. The number of thiazole rings is 1. The van der Waals surface area contributed by atoms with Gasteiger partial charge >= 0.3 is 24.4 Å². The number of carbonyl (C=O) groups excluding carboxylic acids is 2. The number of hydrogen-bond donors (Lipinski definition) is 1. The molecule has 2 saturated heterocycles. The summed E-state index contributed by atoms with van der Waals surface area (Å²) in [5.74, 6) is -2.18. The molecule has 0 aliphatic carbocycles. The molecule has 2 aromatic heterocycles. The van der Waals surface area contributed by atoms with Gasteiger partial charge in [0.05, 0.1) is 15.8 Å². The van der Waals surface area contributed by atoms with Gasteiger partial charge in [0, 0.05) is 48.7 Å². The normalized spacial score (nSPS) is 17.4. The Bertz CT molecular complexity index is 2070. The van der Waals surface area contributed by atoms with Crippen molar-refractivity contribution in [2.45, 2.75) is 77.8 Å². The lowest BCUT2D eigenvalue weighted by Gasteiger charge is -2.36. The lowest BCUT2D eigenvalue weighted by Crippen LogP contribution is -2.50. The van der Waals surface area contributed by atoms with Gasteiger partial charge in [-0.2, -0.15) is 23.1 Å². The molecule has 1 N–H and O–H groups in total. The van der Waals surface area contributed by atoms with Gasteiger partial charge in [-0.25, -0.2) is 23.4 Å². The minimum atomic E-state index is -5.10. The average Bonchev–Trinajstić information content (AvgIpc) is 3.68. The molecule has 2 aliphatic rings. The first-order valence-electron chi connectivity index (χ1n) is 17.5. The molecule has 0 spiro atoms. The van der Waals surface area contributed by atoms with Gasteiger partial charge in [-0.1, -0.05) is 11.3 Å². The number of carbonyl (C=O) groups is 2. The topological polar surface area (TPSA) is 122 Å². The Hall–Kier alpha value is -4.58. The zero-order valence-corrected chi connectivity index (χ0v) is 31.8. The first-order valence-corrected chi connectivity index (χ1v) is 18.3. The van der Waals surface area contributed by atoms with Crippen LogP contribution in [0.4, 0.5) is 42.5 Å². The number of likely N-dealkylation sites (N-methyl/N-ethyl adjacent to an activating group) is 1. The maximum absolute atomic E-state index is 17.1. The van der Waals surface area contributed by atoms with Crippen LogP contribution in [0.5, 0.6) is 6.01 Å². The number of aromatic nitrogens is 3. The second kappa shape index (κ2) is 14.6. The van der Waals surface area contributed by atoms with Gasteiger partial charge in [0.2, 0.25) is 0 Å². The van der Waals surface area contributed by atoms with Gasteiger partial charge in [0.15, 0.2) is 10.9 Å². The second-order valence-electron chi connectivity index (χ2n) is 15.3. The molecule has 0 saturated carbocycles. The highest BCUT2D eigenvalue weighted by Crippen LogP contribution is 2.46. The summed E-state index contributed by atoms with van der Waals surface area (Å²) < 4.78 is 93.9. The Balaban J connectivity index is 1.47. The van der Waals surface area contributed by atoms with E-state index in [1.54, 1.807) is 46.4 Å². The van der Waals surface area contributed by atoms with Crippen LogP contribution >= 0.6 is 11.3 Å². The monoisotopic (exact) mass is 779 g/mol. The van der Waals surface area contributed by atoms with Crippen molar-refractivity contribution in [2.24, 2.45) is 0 Å². The van der Waals surface area contributed by atoms with E-state index in [1.165, 1.54) is 4.90 Å². The van der Waals surface area contributed by atoms with E-state index in [0.29, 0.717) is 11.3 Å². The van der Waals surface area contributed by atoms with Crippen molar-refractivity contribution in [2.75, 3.05) is 56.6 Å². The lowest BCUT2D eigenvalue weighted by molar-refractivity contribution is -0.137. The molecular weight excluding hydrogens is 737 g/mol. The van der Waals surface area contributed by atoms with Crippen molar-refractivity contribution < 1.29 is 45.8 Å². The fourth-order valence-corrected chi connectivity index (χ4v) is 7.28. The Kier molecular flexibility index (Phi) is 10.6.